The van der Waals surface area contributed by atoms with Crippen molar-refractivity contribution in [3.05, 3.63) is 18.2 Å². The van der Waals surface area contributed by atoms with Crippen LogP contribution in [0.1, 0.15) is 38.5 Å². The first-order chi connectivity index (χ1) is 11.7. The molecule has 1 aliphatic heterocycles. The summed E-state index contributed by atoms with van der Waals surface area (Å²) in [6, 6.07) is 8.06. The molecule has 0 bridgehead atoms. The molecule has 0 saturated heterocycles. The lowest BCUT2D eigenvalue weighted by Crippen LogP contribution is -2.49. The predicted octanol–water partition coefficient (Wildman–Crippen LogP) is 3.28. The molecule has 1 aromatic carbocycles. The number of carbonyl (C=O) groups excluding carboxylic acids is 1. The van der Waals surface area contributed by atoms with Gasteiger partial charge in [-0.3, -0.25) is 4.79 Å². The Labute approximate surface area is 146 Å². The predicted molar refractivity (Wildman–Crippen MR) is 92.3 cm³/mol. The van der Waals surface area contributed by atoms with E-state index >= 15 is 0 Å². The Bertz CT molecular complexity index is 636. The molecule has 1 N–H and O–H groups in total. The average Bonchev–Trinajstić information content (AvgIpc) is 2.85. The Morgan fingerprint density at radius 2 is 1.92 bits per heavy atom. The van der Waals surface area contributed by atoms with Crippen LogP contribution in [0.5, 0.6) is 11.5 Å². The molecule has 6 heteroatoms. The van der Waals surface area contributed by atoms with Crippen molar-refractivity contribution < 1.29 is 14.3 Å². The Morgan fingerprint density at radius 1 is 1.17 bits per heavy atom. The molecule has 128 valence electrons. The second-order valence-electron chi connectivity index (χ2n) is 6.25. The maximum atomic E-state index is 12.3. The largest absolute Gasteiger partial charge is 0.490 e. The first-order valence-corrected chi connectivity index (χ1v) is 9.44. The minimum absolute atomic E-state index is 0.0874. The van der Waals surface area contributed by atoms with Crippen LogP contribution in [0.25, 0.3) is 0 Å². The van der Waals surface area contributed by atoms with E-state index in [9.17, 15) is 10.1 Å². The van der Waals surface area contributed by atoms with Gasteiger partial charge in [0.1, 0.15) is 5.54 Å². The van der Waals surface area contributed by atoms with E-state index in [0.29, 0.717) is 19.0 Å². The number of rotatable bonds is 4. The summed E-state index contributed by atoms with van der Waals surface area (Å²) in [5.74, 6) is 1.70. The fourth-order valence-electron chi connectivity index (χ4n) is 3.11. The fourth-order valence-corrected chi connectivity index (χ4v) is 3.83. The third kappa shape index (κ3) is 4.15. The molecule has 0 atom stereocenters. The van der Waals surface area contributed by atoms with Crippen LogP contribution >= 0.6 is 11.8 Å². The van der Waals surface area contributed by atoms with E-state index in [2.05, 4.69) is 11.4 Å². The van der Waals surface area contributed by atoms with Crippen LogP contribution in [-0.2, 0) is 4.79 Å². The molecule has 0 spiro atoms. The van der Waals surface area contributed by atoms with Crippen LogP contribution in [0, 0.1) is 11.3 Å². The maximum absolute atomic E-state index is 12.3. The number of nitrogens with zero attached hydrogens (tertiary/aromatic N) is 1. The highest BCUT2D eigenvalue weighted by Gasteiger charge is 2.33. The molecular weight excluding hydrogens is 324 g/mol. The second kappa shape index (κ2) is 7.80. The number of hydrogen-bond donors (Lipinski definition) is 1. The smallest absolute Gasteiger partial charge is 0.231 e. The highest BCUT2D eigenvalue weighted by Crippen LogP contribution is 2.34. The number of benzene rings is 1. The van der Waals surface area contributed by atoms with Crippen molar-refractivity contribution >= 4 is 17.7 Å². The van der Waals surface area contributed by atoms with Gasteiger partial charge >= 0.3 is 0 Å². The highest BCUT2D eigenvalue weighted by molar-refractivity contribution is 8.00. The average molecular weight is 346 g/mol. The molecule has 1 saturated carbocycles. The van der Waals surface area contributed by atoms with Crippen LogP contribution in [0.3, 0.4) is 0 Å². The number of hydrogen-bond acceptors (Lipinski definition) is 5. The van der Waals surface area contributed by atoms with Crippen LogP contribution in [0.2, 0.25) is 0 Å². The van der Waals surface area contributed by atoms with Crippen molar-refractivity contribution in [3.8, 4) is 17.6 Å². The minimum atomic E-state index is -0.666. The third-order valence-electron chi connectivity index (χ3n) is 4.39. The van der Waals surface area contributed by atoms with Crippen LogP contribution < -0.4 is 14.8 Å². The monoisotopic (exact) mass is 346 g/mol. The molecule has 0 radical (unpaired) electrons. The number of nitriles is 1. The van der Waals surface area contributed by atoms with E-state index in [0.717, 1.165) is 54.9 Å². The van der Waals surface area contributed by atoms with Gasteiger partial charge < -0.3 is 14.8 Å². The molecule has 5 nitrogen and oxygen atoms in total. The number of amides is 1. The summed E-state index contributed by atoms with van der Waals surface area (Å²) < 4.78 is 11.3. The van der Waals surface area contributed by atoms with Crippen molar-refractivity contribution in [1.29, 1.82) is 5.26 Å². The van der Waals surface area contributed by atoms with Gasteiger partial charge in [0.25, 0.3) is 0 Å². The topological polar surface area (TPSA) is 71.4 Å². The second-order valence-corrected chi connectivity index (χ2v) is 7.30. The maximum Gasteiger partial charge on any atom is 0.231 e. The van der Waals surface area contributed by atoms with Gasteiger partial charge in [0.05, 0.1) is 25.0 Å². The number of nitrogens with one attached hydrogen (secondary N) is 1. The first kappa shape index (κ1) is 17.0. The van der Waals surface area contributed by atoms with Gasteiger partial charge in [-0.2, -0.15) is 5.26 Å². The van der Waals surface area contributed by atoms with E-state index in [4.69, 9.17) is 9.47 Å². The molecule has 0 unspecified atom stereocenters. The van der Waals surface area contributed by atoms with E-state index in [1.54, 1.807) is 0 Å². The van der Waals surface area contributed by atoms with E-state index in [1.807, 2.05) is 18.2 Å². The standard InChI is InChI=1S/C18H22N2O3S/c19-13-18(7-2-1-3-8-18)20-17(21)12-24-14-5-6-15-16(11-14)23-10-4-9-22-15/h5-6,11H,1-4,7-10,12H2,(H,20,21). The summed E-state index contributed by atoms with van der Waals surface area (Å²) in [4.78, 5) is 13.2. The fraction of sp³-hybridized carbons (Fsp3) is 0.556. The number of ether oxygens (including phenoxy) is 2. The Kier molecular flexibility index (Phi) is 5.52. The van der Waals surface area contributed by atoms with Gasteiger partial charge in [-0.15, -0.1) is 11.8 Å². The quantitative estimate of drug-likeness (QED) is 0.847. The summed E-state index contributed by atoms with van der Waals surface area (Å²) >= 11 is 1.45. The van der Waals surface area contributed by atoms with Crippen molar-refractivity contribution in [3.63, 3.8) is 0 Å². The number of thioether (sulfide) groups is 1. The van der Waals surface area contributed by atoms with Crippen molar-refractivity contribution in [2.45, 2.75) is 49.0 Å². The van der Waals surface area contributed by atoms with Crippen LogP contribution in [-0.4, -0.2) is 30.4 Å². The molecule has 24 heavy (non-hydrogen) atoms. The zero-order valence-electron chi connectivity index (χ0n) is 13.7. The molecule has 1 amide bonds. The summed E-state index contributed by atoms with van der Waals surface area (Å²) in [5, 5.41) is 12.4. The summed E-state index contributed by atoms with van der Waals surface area (Å²) in [5.41, 5.74) is -0.666. The van der Waals surface area contributed by atoms with Gasteiger partial charge in [-0.1, -0.05) is 19.3 Å². The van der Waals surface area contributed by atoms with Crippen molar-refractivity contribution in [2.75, 3.05) is 19.0 Å². The summed E-state index contributed by atoms with van der Waals surface area (Å²) in [6.45, 7) is 1.31. The summed E-state index contributed by atoms with van der Waals surface area (Å²) in [7, 11) is 0. The van der Waals surface area contributed by atoms with Crippen LogP contribution in [0.4, 0.5) is 0 Å². The zero-order chi connectivity index (χ0) is 16.8. The molecule has 1 fully saturated rings. The lowest BCUT2D eigenvalue weighted by Gasteiger charge is -2.31. The Balaban J connectivity index is 1.56. The SMILES string of the molecule is N#CC1(NC(=O)CSc2ccc3c(c2)OCCCO3)CCCCC1. The molecule has 1 aliphatic carbocycles. The Hall–Kier alpha value is -1.87. The molecule has 3 rings (SSSR count). The Morgan fingerprint density at radius 3 is 2.67 bits per heavy atom. The lowest BCUT2D eigenvalue weighted by molar-refractivity contribution is -0.120. The van der Waals surface area contributed by atoms with Crippen molar-refractivity contribution in [1.82, 2.24) is 5.32 Å². The molecule has 0 aromatic heterocycles. The highest BCUT2D eigenvalue weighted by atomic mass is 32.2. The molecule has 1 heterocycles. The van der Waals surface area contributed by atoms with Gasteiger partial charge in [-0.25, -0.2) is 0 Å². The van der Waals surface area contributed by atoms with E-state index < -0.39 is 5.54 Å². The van der Waals surface area contributed by atoms with Gasteiger partial charge in [0.15, 0.2) is 11.5 Å². The van der Waals surface area contributed by atoms with Crippen molar-refractivity contribution in [2.24, 2.45) is 0 Å². The molecule has 1 aromatic rings. The molecule has 2 aliphatic rings. The third-order valence-corrected chi connectivity index (χ3v) is 5.38. The van der Waals surface area contributed by atoms with Gasteiger partial charge in [0, 0.05) is 11.3 Å². The van der Waals surface area contributed by atoms with Gasteiger partial charge in [0.2, 0.25) is 5.91 Å². The lowest BCUT2D eigenvalue weighted by atomic mass is 9.83. The first-order valence-electron chi connectivity index (χ1n) is 8.45. The minimum Gasteiger partial charge on any atom is -0.490 e. The van der Waals surface area contributed by atoms with E-state index in [-0.39, 0.29) is 5.91 Å². The zero-order valence-corrected chi connectivity index (χ0v) is 14.5. The molecular formula is C18H22N2O3S. The summed E-state index contributed by atoms with van der Waals surface area (Å²) in [6.07, 6.45) is 5.53. The number of carbonyl (C=O) groups is 1. The normalized spacial score (nSPS) is 19.0. The number of fused-ring (bicyclic) bond motifs is 1. The van der Waals surface area contributed by atoms with Gasteiger partial charge in [-0.05, 0) is 31.0 Å². The van der Waals surface area contributed by atoms with Crippen LogP contribution in [0.15, 0.2) is 23.1 Å². The van der Waals surface area contributed by atoms with E-state index in [1.165, 1.54) is 11.8 Å².